The highest BCUT2D eigenvalue weighted by molar-refractivity contribution is 7.11. The second-order valence-electron chi connectivity index (χ2n) is 6.23. The Kier molecular flexibility index (Phi) is 6.61. The number of hydrogen-bond acceptors (Lipinski definition) is 5. The Hall–Kier alpha value is -0.490. The van der Waals surface area contributed by atoms with Crippen molar-refractivity contribution >= 4 is 11.3 Å². The molecule has 4 atom stereocenters. The van der Waals surface area contributed by atoms with Crippen molar-refractivity contribution < 1.29 is 9.84 Å². The highest BCUT2D eigenvalue weighted by Crippen LogP contribution is 2.26. The van der Waals surface area contributed by atoms with Crippen LogP contribution in [-0.4, -0.2) is 35.5 Å². The molecule has 21 heavy (non-hydrogen) atoms. The van der Waals surface area contributed by atoms with E-state index in [1.807, 2.05) is 6.20 Å². The molecule has 0 aliphatic heterocycles. The third kappa shape index (κ3) is 5.33. The van der Waals surface area contributed by atoms with Crippen molar-refractivity contribution in [2.45, 2.75) is 64.7 Å². The monoisotopic (exact) mass is 312 g/mol. The van der Waals surface area contributed by atoms with E-state index in [2.05, 4.69) is 31.1 Å². The first-order chi connectivity index (χ1) is 10.1. The van der Waals surface area contributed by atoms with Crippen LogP contribution in [0.1, 0.15) is 55.5 Å². The second kappa shape index (κ2) is 8.22. The minimum atomic E-state index is -0.456. The van der Waals surface area contributed by atoms with Crippen LogP contribution in [0.15, 0.2) is 6.20 Å². The fourth-order valence-corrected chi connectivity index (χ4v) is 3.60. The first-order valence-electron chi connectivity index (χ1n) is 8.01. The first-order valence-corrected chi connectivity index (χ1v) is 8.83. The van der Waals surface area contributed by atoms with Crippen molar-refractivity contribution in [2.24, 2.45) is 5.92 Å². The van der Waals surface area contributed by atoms with E-state index in [0.29, 0.717) is 25.2 Å². The summed E-state index contributed by atoms with van der Waals surface area (Å²) in [5.74, 6) is 0.621. The molecule has 1 aromatic rings. The lowest BCUT2D eigenvalue weighted by molar-refractivity contribution is -0.0455. The third-order valence-corrected chi connectivity index (χ3v) is 5.30. The molecule has 1 aliphatic rings. The van der Waals surface area contributed by atoms with E-state index < -0.39 is 6.10 Å². The molecule has 1 saturated carbocycles. The summed E-state index contributed by atoms with van der Waals surface area (Å²) >= 11 is 1.70. The Balaban J connectivity index is 1.66. The van der Waals surface area contributed by atoms with E-state index >= 15 is 0 Å². The lowest BCUT2D eigenvalue weighted by Crippen LogP contribution is -2.35. The van der Waals surface area contributed by atoms with Gasteiger partial charge >= 0.3 is 0 Å². The summed E-state index contributed by atoms with van der Waals surface area (Å²) in [4.78, 5) is 5.58. The summed E-state index contributed by atoms with van der Waals surface area (Å²) in [7, 11) is 0. The zero-order chi connectivity index (χ0) is 15.2. The van der Waals surface area contributed by atoms with Crippen LogP contribution in [0.3, 0.4) is 0 Å². The number of aromatic nitrogens is 1. The summed E-state index contributed by atoms with van der Waals surface area (Å²) in [6.45, 7) is 7.35. The van der Waals surface area contributed by atoms with Crippen molar-refractivity contribution in [1.29, 1.82) is 0 Å². The summed E-state index contributed by atoms with van der Waals surface area (Å²) in [6.07, 6.45) is 6.72. The SMILES string of the molecule is Cc1cnc(C(C)NCC(O)COC2CCCCC2C)s1. The molecule has 0 bridgehead atoms. The molecule has 0 spiro atoms. The topological polar surface area (TPSA) is 54.4 Å². The van der Waals surface area contributed by atoms with Crippen LogP contribution in [-0.2, 0) is 4.74 Å². The maximum atomic E-state index is 10.1. The van der Waals surface area contributed by atoms with Gasteiger partial charge in [-0.25, -0.2) is 4.98 Å². The maximum Gasteiger partial charge on any atom is 0.109 e. The van der Waals surface area contributed by atoms with Crippen molar-refractivity contribution in [1.82, 2.24) is 10.3 Å². The minimum absolute atomic E-state index is 0.173. The van der Waals surface area contributed by atoms with Crippen LogP contribution < -0.4 is 5.32 Å². The smallest absolute Gasteiger partial charge is 0.109 e. The van der Waals surface area contributed by atoms with Crippen LogP contribution in [0.5, 0.6) is 0 Å². The van der Waals surface area contributed by atoms with E-state index in [-0.39, 0.29) is 6.04 Å². The Morgan fingerprint density at radius 3 is 2.90 bits per heavy atom. The number of nitrogens with zero attached hydrogens (tertiary/aromatic N) is 1. The predicted octanol–water partition coefficient (Wildman–Crippen LogP) is 3.06. The van der Waals surface area contributed by atoms with Crippen molar-refractivity contribution in [3.8, 4) is 0 Å². The highest BCUT2D eigenvalue weighted by atomic mass is 32.1. The summed E-state index contributed by atoms with van der Waals surface area (Å²) < 4.78 is 5.90. The van der Waals surface area contributed by atoms with Crippen molar-refractivity contribution in [3.05, 3.63) is 16.1 Å². The van der Waals surface area contributed by atoms with E-state index in [1.54, 1.807) is 11.3 Å². The quantitative estimate of drug-likeness (QED) is 0.812. The highest BCUT2D eigenvalue weighted by Gasteiger charge is 2.22. The largest absolute Gasteiger partial charge is 0.389 e. The number of aliphatic hydroxyl groups is 1. The standard InChI is InChI=1S/C16H28N2O2S/c1-11-6-4-5-7-15(11)20-10-14(19)9-17-13(3)16-18-8-12(2)21-16/h8,11,13-15,17,19H,4-7,9-10H2,1-3H3. The van der Waals surface area contributed by atoms with E-state index in [4.69, 9.17) is 4.74 Å². The zero-order valence-corrected chi connectivity index (χ0v) is 14.2. The number of aryl methyl sites for hydroxylation is 1. The number of hydrogen-bond donors (Lipinski definition) is 2. The van der Waals surface area contributed by atoms with Crippen molar-refractivity contribution in [3.63, 3.8) is 0 Å². The number of ether oxygens (including phenoxy) is 1. The van der Waals surface area contributed by atoms with Crippen LogP contribution in [0.2, 0.25) is 0 Å². The molecule has 0 amide bonds. The fraction of sp³-hybridized carbons (Fsp3) is 0.812. The normalized spacial score (nSPS) is 25.7. The molecule has 2 rings (SSSR count). The number of thiazole rings is 1. The molecule has 2 N–H and O–H groups in total. The van der Waals surface area contributed by atoms with Gasteiger partial charge in [0.2, 0.25) is 0 Å². The van der Waals surface area contributed by atoms with Gasteiger partial charge < -0.3 is 15.2 Å². The first kappa shape index (κ1) is 16.9. The number of aliphatic hydroxyl groups excluding tert-OH is 1. The molecular weight excluding hydrogens is 284 g/mol. The van der Waals surface area contributed by atoms with Gasteiger partial charge in [-0.1, -0.05) is 19.8 Å². The Labute approximate surface area is 131 Å². The van der Waals surface area contributed by atoms with E-state index in [1.165, 1.54) is 24.1 Å². The van der Waals surface area contributed by atoms with Gasteiger partial charge in [-0.15, -0.1) is 11.3 Å². The average Bonchev–Trinajstić information content (AvgIpc) is 2.90. The average molecular weight is 312 g/mol. The van der Waals surface area contributed by atoms with Gasteiger partial charge in [0.15, 0.2) is 0 Å². The Bertz CT molecular complexity index is 424. The van der Waals surface area contributed by atoms with Crippen LogP contribution in [0, 0.1) is 12.8 Å². The van der Waals surface area contributed by atoms with Gasteiger partial charge in [-0.3, -0.25) is 0 Å². The van der Waals surface area contributed by atoms with Gasteiger partial charge in [-0.2, -0.15) is 0 Å². The van der Waals surface area contributed by atoms with Gasteiger partial charge in [0.05, 0.1) is 24.9 Å². The molecule has 1 aromatic heterocycles. The summed E-state index contributed by atoms with van der Waals surface area (Å²) in [5, 5.41) is 14.5. The lowest BCUT2D eigenvalue weighted by Gasteiger charge is -2.29. The van der Waals surface area contributed by atoms with E-state index in [9.17, 15) is 5.11 Å². The summed E-state index contributed by atoms with van der Waals surface area (Å²) in [6, 6.07) is 0.173. The molecule has 1 fully saturated rings. The Morgan fingerprint density at radius 2 is 2.24 bits per heavy atom. The molecule has 5 heteroatoms. The lowest BCUT2D eigenvalue weighted by atomic mass is 9.88. The molecule has 1 aliphatic carbocycles. The van der Waals surface area contributed by atoms with Gasteiger partial charge in [0.1, 0.15) is 5.01 Å². The molecule has 4 nitrogen and oxygen atoms in total. The molecular formula is C16H28N2O2S. The van der Waals surface area contributed by atoms with Crippen LogP contribution in [0.4, 0.5) is 0 Å². The molecule has 0 radical (unpaired) electrons. The van der Waals surface area contributed by atoms with Gasteiger partial charge in [-0.05, 0) is 32.6 Å². The molecule has 4 unspecified atom stereocenters. The van der Waals surface area contributed by atoms with E-state index in [0.717, 1.165) is 11.4 Å². The fourth-order valence-electron chi connectivity index (χ4n) is 2.80. The third-order valence-electron chi connectivity index (χ3n) is 4.20. The van der Waals surface area contributed by atoms with Crippen LogP contribution in [0.25, 0.3) is 0 Å². The minimum Gasteiger partial charge on any atom is -0.389 e. The predicted molar refractivity (Wildman–Crippen MR) is 86.6 cm³/mol. The van der Waals surface area contributed by atoms with Crippen LogP contribution >= 0.6 is 11.3 Å². The molecule has 0 saturated heterocycles. The van der Waals surface area contributed by atoms with Gasteiger partial charge in [0, 0.05) is 17.6 Å². The van der Waals surface area contributed by atoms with Gasteiger partial charge in [0.25, 0.3) is 0 Å². The maximum absolute atomic E-state index is 10.1. The zero-order valence-electron chi connectivity index (χ0n) is 13.3. The Morgan fingerprint density at radius 1 is 1.48 bits per heavy atom. The molecule has 0 aromatic carbocycles. The van der Waals surface area contributed by atoms with Crippen molar-refractivity contribution in [2.75, 3.05) is 13.2 Å². The second-order valence-corrected chi connectivity index (χ2v) is 7.49. The number of rotatable bonds is 7. The summed E-state index contributed by atoms with van der Waals surface area (Å²) in [5.41, 5.74) is 0. The number of nitrogens with one attached hydrogen (secondary N) is 1. The molecule has 120 valence electrons. The molecule has 1 heterocycles.